The summed E-state index contributed by atoms with van der Waals surface area (Å²) in [4.78, 5) is 11.8. The number of hydrogen-bond donors (Lipinski definition) is 0. The van der Waals surface area contributed by atoms with Crippen molar-refractivity contribution in [1.29, 1.82) is 0 Å². The summed E-state index contributed by atoms with van der Waals surface area (Å²) in [7, 11) is 3.02. The normalized spacial score (nSPS) is 16.1. The SMILES string of the molecule is COc1cc(=O)n(CC2CCCC2)nc1OC. The van der Waals surface area contributed by atoms with Crippen molar-refractivity contribution < 1.29 is 9.47 Å². The first-order chi connectivity index (χ1) is 8.24. The van der Waals surface area contributed by atoms with Crippen LogP contribution in [0.2, 0.25) is 0 Å². The van der Waals surface area contributed by atoms with Crippen LogP contribution >= 0.6 is 0 Å². The van der Waals surface area contributed by atoms with Crippen molar-refractivity contribution in [3.8, 4) is 11.6 Å². The summed E-state index contributed by atoms with van der Waals surface area (Å²) in [5.41, 5.74) is -0.130. The molecule has 1 aliphatic carbocycles. The van der Waals surface area contributed by atoms with Gasteiger partial charge in [-0.25, -0.2) is 4.68 Å². The third-order valence-electron chi connectivity index (χ3n) is 3.25. The lowest BCUT2D eigenvalue weighted by atomic mass is 10.1. The molecule has 0 spiro atoms. The van der Waals surface area contributed by atoms with Gasteiger partial charge < -0.3 is 9.47 Å². The van der Waals surface area contributed by atoms with Crippen LogP contribution in [0.5, 0.6) is 11.6 Å². The zero-order chi connectivity index (χ0) is 12.3. The molecule has 17 heavy (non-hydrogen) atoms. The highest BCUT2D eigenvalue weighted by Gasteiger charge is 2.18. The molecule has 1 aromatic rings. The summed E-state index contributed by atoms with van der Waals surface area (Å²) in [6.45, 7) is 0.680. The van der Waals surface area contributed by atoms with E-state index in [1.165, 1.54) is 50.7 Å². The van der Waals surface area contributed by atoms with E-state index in [4.69, 9.17) is 9.47 Å². The number of hydrogen-bond acceptors (Lipinski definition) is 4. The number of ether oxygens (including phenoxy) is 2. The number of nitrogens with zero attached hydrogens (tertiary/aromatic N) is 2. The van der Waals surface area contributed by atoms with Crippen molar-refractivity contribution in [3.05, 3.63) is 16.4 Å². The lowest BCUT2D eigenvalue weighted by Crippen LogP contribution is -2.25. The Morgan fingerprint density at radius 1 is 1.35 bits per heavy atom. The summed E-state index contributed by atoms with van der Waals surface area (Å²) in [6, 6.07) is 1.43. The Morgan fingerprint density at radius 3 is 2.65 bits per heavy atom. The van der Waals surface area contributed by atoms with E-state index in [0.29, 0.717) is 24.1 Å². The third-order valence-corrected chi connectivity index (χ3v) is 3.25. The molecule has 5 heteroatoms. The average molecular weight is 238 g/mol. The zero-order valence-corrected chi connectivity index (χ0v) is 10.3. The van der Waals surface area contributed by atoms with E-state index in [0.717, 1.165) is 0 Å². The van der Waals surface area contributed by atoms with Crippen LogP contribution in [0.1, 0.15) is 25.7 Å². The van der Waals surface area contributed by atoms with Crippen LogP contribution in [-0.4, -0.2) is 24.0 Å². The van der Waals surface area contributed by atoms with Gasteiger partial charge >= 0.3 is 0 Å². The average Bonchev–Trinajstić information content (AvgIpc) is 2.84. The maximum atomic E-state index is 11.8. The van der Waals surface area contributed by atoms with E-state index >= 15 is 0 Å². The van der Waals surface area contributed by atoms with Crippen LogP contribution in [0.15, 0.2) is 10.9 Å². The zero-order valence-electron chi connectivity index (χ0n) is 10.3. The van der Waals surface area contributed by atoms with Gasteiger partial charge in [-0.05, 0) is 18.8 Å². The van der Waals surface area contributed by atoms with Crippen LogP contribution in [0.3, 0.4) is 0 Å². The fourth-order valence-corrected chi connectivity index (χ4v) is 2.31. The van der Waals surface area contributed by atoms with Crippen molar-refractivity contribution in [2.45, 2.75) is 32.2 Å². The van der Waals surface area contributed by atoms with Crippen molar-refractivity contribution in [2.75, 3.05) is 14.2 Å². The summed E-state index contributed by atoms with van der Waals surface area (Å²) in [5, 5.41) is 4.18. The van der Waals surface area contributed by atoms with Crippen molar-refractivity contribution >= 4 is 0 Å². The summed E-state index contributed by atoms with van der Waals surface area (Å²) >= 11 is 0. The molecular formula is C12H18N2O3. The summed E-state index contributed by atoms with van der Waals surface area (Å²) < 4.78 is 11.6. The highest BCUT2D eigenvalue weighted by atomic mass is 16.5. The molecule has 1 heterocycles. The van der Waals surface area contributed by atoms with Crippen LogP contribution in [0.4, 0.5) is 0 Å². The molecule has 0 bridgehead atoms. The predicted octanol–water partition coefficient (Wildman–Crippen LogP) is 1.45. The minimum Gasteiger partial charge on any atom is -0.491 e. The molecule has 1 aromatic heterocycles. The molecule has 0 aliphatic heterocycles. The highest BCUT2D eigenvalue weighted by molar-refractivity contribution is 5.30. The Morgan fingerprint density at radius 2 is 2.06 bits per heavy atom. The van der Waals surface area contributed by atoms with Crippen molar-refractivity contribution in [2.24, 2.45) is 5.92 Å². The summed E-state index contributed by atoms with van der Waals surface area (Å²) in [6.07, 6.45) is 4.88. The van der Waals surface area contributed by atoms with Gasteiger partial charge in [0, 0.05) is 6.54 Å². The van der Waals surface area contributed by atoms with E-state index in [-0.39, 0.29) is 5.56 Å². The second-order valence-electron chi connectivity index (χ2n) is 4.39. The second kappa shape index (κ2) is 5.21. The molecule has 1 fully saturated rings. The first kappa shape index (κ1) is 12.0. The Balaban J connectivity index is 2.24. The van der Waals surface area contributed by atoms with E-state index in [2.05, 4.69) is 5.10 Å². The van der Waals surface area contributed by atoms with Crippen molar-refractivity contribution in [3.63, 3.8) is 0 Å². The molecule has 0 saturated heterocycles. The minimum atomic E-state index is -0.130. The topological polar surface area (TPSA) is 53.4 Å². The molecule has 0 atom stereocenters. The second-order valence-corrected chi connectivity index (χ2v) is 4.39. The van der Waals surface area contributed by atoms with Gasteiger partial charge in [0.15, 0.2) is 5.75 Å². The van der Waals surface area contributed by atoms with Gasteiger partial charge in [-0.15, -0.1) is 5.10 Å². The van der Waals surface area contributed by atoms with Crippen LogP contribution in [-0.2, 0) is 6.54 Å². The Kier molecular flexibility index (Phi) is 3.66. The molecule has 0 aromatic carbocycles. The lowest BCUT2D eigenvalue weighted by molar-refractivity contribution is 0.317. The quantitative estimate of drug-likeness (QED) is 0.796. The van der Waals surface area contributed by atoms with Gasteiger partial charge in [0.25, 0.3) is 11.4 Å². The number of aromatic nitrogens is 2. The standard InChI is InChI=1S/C12H18N2O3/c1-16-10-7-11(15)14(13-12(10)17-2)8-9-5-3-4-6-9/h7,9H,3-6,8H2,1-2H3. The molecule has 2 rings (SSSR count). The molecule has 5 nitrogen and oxygen atoms in total. The molecule has 0 radical (unpaired) electrons. The predicted molar refractivity (Wildman–Crippen MR) is 63.6 cm³/mol. The molecular weight excluding hydrogens is 220 g/mol. The summed E-state index contributed by atoms with van der Waals surface area (Å²) in [5.74, 6) is 1.32. The first-order valence-electron chi connectivity index (χ1n) is 5.94. The van der Waals surface area contributed by atoms with E-state index in [9.17, 15) is 4.79 Å². The van der Waals surface area contributed by atoms with Gasteiger partial charge in [0.05, 0.1) is 20.3 Å². The van der Waals surface area contributed by atoms with E-state index < -0.39 is 0 Å². The molecule has 0 unspecified atom stereocenters. The van der Waals surface area contributed by atoms with Crippen LogP contribution in [0, 0.1) is 5.92 Å². The number of rotatable bonds is 4. The Labute approximate surface area is 100 Å². The van der Waals surface area contributed by atoms with Gasteiger partial charge in [-0.2, -0.15) is 0 Å². The minimum absolute atomic E-state index is 0.130. The van der Waals surface area contributed by atoms with Gasteiger partial charge in [0.1, 0.15) is 0 Å². The fraction of sp³-hybridized carbons (Fsp3) is 0.667. The van der Waals surface area contributed by atoms with E-state index in [1.807, 2.05) is 0 Å². The Hall–Kier alpha value is -1.52. The fourth-order valence-electron chi connectivity index (χ4n) is 2.31. The van der Waals surface area contributed by atoms with Crippen LogP contribution in [0.25, 0.3) is 0 Å². The monoisotopic (exact) mass is 238 g/mol. The highest BCUT2D eigenvalue weighted by Crippen LogP contribution is 2.26. The van der Waals surface area contributed by atoms with Gasteiger partial charge in [0.2, 0.25) is 0 Å². The molecule has 94 valence electrons. The third kappa shape index (κ3) is 2.60. The number of methoxy groups -OCH3 is 2. The Bertz CT molecular complexity index is 436. The van der Waals surface area contributed by atoms with Crippen molar-refractivity contribution in [1.82, 2.24) is 9.78 Å². The molecule has 0 amide bonds. The lowest BCUT2D eigenvalue weighted by Gasteiger charge is -2.12. The molecule has 0 N–H and O–H groups in total. The van der Waals surface area contributed by atoms with Gasteiger partial charge in [-0.1, -0.05) is 12.8 Å². The van der Waals surface area contributed by atoms with E-state index in [1.54, 1.807) is 0 Å². The smallest absolute Gasteiger partial charge is 0.274 e. The van der Waals surface area contributed by atoms with Gasteiger partial charge in [-0.3, -0.25) is 4.79 Å². The molecule has 1 saturated carbocycles. The maximum Gasteiger partial charge on any atom is 0.274 e. The molecule has 1 aliphatic rings. The first-order valence-corrected chi connectivity index (χ1v) is 5.94. The maximum absolute atomic E-state index is 11.8. The van der Waals surface area contributed by atoms with Crippen LogP contribution < -0.4 is 15.0 Å². The largest absolute Gasteiger partial charge is 0.491 e.